The molecule has 0 bridgehead atoms. The summed E-state index contributed by atoms with van der Waals surface area (Å²) in [5.74, 6) is -0.376. The molecule has 0 radical (unpaired) electrons. The quantitative estimate of drug-likeness (QED) is 0.851. The van der Waals surface area contributed by atoms with Gasteiger partial charge in [-0.2, -0.15) is 0 Å². The molecule has 0 unspecified atom stereocenters. The third-order valence-corrected chi connectivity index (χ3v) is 2.72. The van der Waals surface area contributed by atoms with Crippen LogP contribution < -0.4 is 5.32 Å². The third-order valence-electron chi connectivity index (χ3n) is 2.10. The summed E-state index contributed by atoms with van der Waals surface area (Å²) in [7, 11) is 1.50. The largest absolute Gasteiger partial charge is 0.354 e. The van der Waals surface area contributed by atoms with Gasteiger partial charge >= 0.3 is 0 Å². The van der Waals surface area contributed by atoms with Crippen LogP contribution in [0.15, 0.2) is 18.2 Å². The molecule has 16 heavy (non-hydrogen) atoms. The van der Waals surface area contributed by atoms with E-state index >= 15 is 0 Å². The van der Waals surface area contributed by atoms with E-state index < -0.39 is 0 Å². The third kappa shape index (κ3) is 1.81. The summed E-state index contributed by atoms with van der Waals surface area (Å²) in [6.45, 7) is 0. The first-order chi connectivity index (χ1) is 7.63. The zero-order valence-electron chi connectivity index (χ0n) is 8.29. The minimum atomic E-state index is -0.376. The molecule has 4 nitrogen and oxygen atoms in total. The van der Waals surface area contributed by atoms with Crippen molar-refractivity contribution in [2.45, 2.75) is 0 Å². The number of carbonyl (C=O) groups is 1. The number of amides is 1. The van der Waals surface area contributed by atoms with E-state index in [9.17, 15) is 4.79 Å². The number of benzene rings is 1. The summed E-state index contributed by atoms with van der Waals surface area (Å²) in [6.07, 6.45) is 0. The molecular formula is C10H7Cl2N3O. The van der Waals surface area contributed by atoms with E-state index in [0.717, 1.165) is 0 Å². The van der Waals surface area contributed by atoms with Crippen molar-refractivity contribution in [3.8, 4) is 0 Å². The number of hydrogen-bond donors (Lipinski definition) is 1. The Kier molecular flexibility index (Phi) is 2.94. The monoisotopic (exact) mass is 255 g/mol. The molecule has 0 spiro atoms. The summed E-state index contributed by atoms with van der Waals surface area (Å²) in [4.78, 5) is 11.4. The number of aromatic nitrogens is 2. The highest BCUT2D eigenvalue weighted by atomic mass is 35.5. The first kappa shape index (κ1) is 11.1. The van der Waals surface area contributed by atoms with Gasteiger partial charge in [0.15, 0.2) is 5.69 Å². The van der Waals surface area contributed by atoms with E-state index in [-0.39, 0.29) is 16.6 Å². The molecule has 0 aliphatic heterocycles. The van der Waals surface area contributed by atoms with Crippen LogP contribution in [-0.4, -0.2) is 23.2 Å². The number of nitrogens with one attached hydrogen (secondary N) is 1. The average molecular weight is 256 g/mol. The van der Waals surface area contributed by atoms with Gasteiger partial charge in [0.05, 0.1) is 10.5 Å². The van der Waals surface area contributed by atoms with Crippen molar-refractivity contribution in [3.63, 3.8) is 0 Å². The van der Waals surface area contributed by atoms with E-state index in [1.807, 2.05) is 0 Å². The van der Waals surface area contributed by atoms with Gasteiger partial charge in [0, 0.05) is 17.5 Å². The van der Waals surface area contributed by atoms with E-state index in [1.165, 1.54) is 7.05 Å². The Hall–Kier alpha value is -1.39. The summed E-state index contributed by atoms with van der Waals surface area (Å²) < 4.78 is 0. The Morgan fingerprint density at radius 2 is 2.06 bits per heavy atom. The first-order valence-electron chi connectivity index (χ1n) is 4.47. The van der Waals surface area contributed by atoms with Gasteiger partial charge in [-0.1, -0.05) is 23.2 Å². The SMILES string of the molecule is CNC(=O)c1nnc2ccc(Cl)cc2c1Cl. The number of rotatable bonds is 1. The molecule has 0 aliphatic carbocycles. The summed E-state index contributed by atoms with van der Waals surface area (Å²) in [6, 6.07) is 5.04. The first-order valence-corrected chi connectivity index (χ1v) is 5.22. The molecule has 1 heterocycles. The second-order valence-electron chi connectivity index (χ2n) is 3.10. The Morgan fingerprint density at radius 1 is 1.31 bits per heavy atom. The van der Waals surface area contributed by atoms with Crippen LogP contribution in [0, 0.1) is 0 Å². The molecule has 1 aromatic heterocycles. The van der Waals surface area contributed by atoms with Crippen molar-refractivity contribution in [2.75, 3.05) is 7.05 Å². The van der Waals surface area contributed by atoms with E-state index in [2.05, 4.69) is 15.5 Å². The van der Waals surface area contributed by atoms with Crippen LogP contribution in [0.25, 0.3) is 10.9 Å². The molecule has 0 aliphatic rings. The lowest BCUT2D eigenvalue weighted by atomic mass is 10.2. The minimum absolute atomic E-state index is 0.0962. The number of nitrogens with zero attached hydrogens (tertiary/aromatic N) is 2. The van der Waals surface area contributed by atoms with Crippen LogP contribution in [0.2, 0.25) is 10.0 Å². The molecule has 6 heteroatoms. The second-order valence-corrected chi connectivity index (χ2v) is 3.92. The van der Waals surface area contributed by atoms with Crippen molar-refractivity contribution in [1.29, 1.82) is 0 Å². The summed E-state index contributed by atoms with van der Waals surface area (Å²) in [5.41, 5.74) is 0.695. The molecule has 2 rings (SSSR count). The number of halogens is 2. The Morgan fingerprint density at radius 3 is 2.75 bits per heavy atom. The van der Waals surface area contributed by atoms with Gasteiger partial charge in [-0.3, -0.25) is 4.79 Å². The van der Waals surface area contributed by atoms with Crippen molar-refractivity contribution >= 4 is 40.0 Å². The predicted octanol–water partition coefficient (Wildman–Crippen LogP) is 2.30. The van der Waals surface area contributed by atoms with E-state index in [1.54, 1.807) is 18.2 Å². The zero-order valence-corrected chi connectivity index (χ0v) is 9.80. The standard InChI is InChI=1S/C10H7Cl2N3O/c1-13-10(16)9-8(12)6-4-5(11)2-3-7(6)14-15-9/h2-4H,1H3,(H,13,16). The molecule has 1 N–H and O–H groups in total. The van der Waals surface area contributed by atoms with Gasteiger partial charge in [-0.05, 0) is 18.2 Å². The molecule has 82 valence electrons. The van der Waals surface area contributed by atoms with Crippen molar-refractivity contribution < 1.29 is 4.79 Å². The lowest BCUT2D eigenvalue weighted by Crippen LogP contribution is -2.20. The summed E-state index contributed by atoms with van der Waals surface area (Å²) in [5, 5.41) is 11.5. The van der Waals surface area contributed by atoms with Crippen LogP contribution in [0.3, 0.4) is 0 Å². The molecule has 0 saturated carbocycles. The minimum Gasteiger partial charge on any atom is -0.354 e. The topological polar surface area (TPSA) is 54.9 Å². The van der Waals surface area contributed by atoms with Gasteiger partial charge in [0.1, 0.15) is 0 Å². The molecule has 0 fully saturated rings. The van der Waals surface area contributed by atoms with Gasteiger partial charge in [-0.15, -0.1) is 10.2 Å². The zero-order chi connectivity index (χ0) is 11.7. The van der Waals surface area contributed by atoms with Gasteiger partial charge in [0.2, 0.25) is 0 Å². The fourth-order valence-corrected chi connectivity index (χ4v) is 1.76. The maximum absolute atomic E-state index is 11.4. The van der Waals surface area contributed by atoms with Crippen molar-refractivity contribution in [1.82, 2.24) is 15.5 Å². The number of hydrogen-bond acceptors (Lipinski definition) is 3. The highest BCUT2D eigenvalue weighted by Crippen LogP contribution is 2.26. The number of fused-ring (bicyclic) bond motifs is 1. The second kappa shape index (κ2) is 4.23. The predicted molar refractivity (Wildman–Crippen MR) is 62.9 cm³/mol. The average Bonchev–Trinajstić information content (AvgIpc) is 2.29. The maximum atomic E-state index is 11.4. The van der Waals surface area contributed by atoms with Gasteiger partial charge in [0.25, 0.3) is 5.91 Å². The molecule has 1 aromatic carbocycles. The van der Waals surface area contributed by atoms with Crippen molar-refractivity contribution in [2.24, 2.45) is 0 Å². The molecular weight excluding hydrogens is 249 g/mol. The fourth-order valence-electron chi connectivity index (χ4n) is 1.31. The highest BCUT2D eigenvalue weighted by molar-refractivity contribution is 6.39. The van der Waals surface area contributed by atoms with Crippen molar-refractivity contribution in [3.05, 3.63) is 33.9 Å². The van der Waals surface area contributed by atoms with Gasteiger partial charge < -0.3 is 5.32 Å². The van der Waals surface area contributed by atoms with Crippen LogP contribution >= 0.6 is 23.2 Å². The Bertz CT molecular complexity index is 571. The normalized spacial score (nSPS) is 10.4. The van der Waals surface area contributed by atoms with Gasteiger partial charge in [-0.25, -0.2) is 0 Å². The molecule has 0 saturated heterocycles. The Balaban J connectivity index is 2.72. The fraction of sp³-hybridized carbons (Fsp3) is 0.100. The van der Waals surface area contributed by atoms with Crippen LogP contribution in [0.4, 0.5) is 0 Å². The molecule has 0 atom stereocenters. The Labute approximate surface area is 102 Å². The van der Waals surface area contributed by atoms with Crippen LogP contribution in [0.1, 0.15) is 10.5 Å². The van der Waals surface area contributed by atoms with E-state index in [0.29, 0.717) is 15.9 Å². The highest BCUT2D eigenvalue weighted by Gasteiger charge is 2.14. The summed E-state index contributed by atoms with van der Waals surface area (Å²) >= 11 is 11.9. The maximum Gasteiger partial charge on any atom is 0.273 e. The van der Waals surface area contributed by atoms with E-state index in [4.69, 9.17) is 23.2 Å². The number of carbonyl (C=O) groups excluding carboxylic acids is 1. The lowest BCUT2D eigenvalue weighted by molar-refractivity contribution is 0.0957. The lowest BCUT2D eigenvalue weighted by Gasteiger charge is -2.04. The van der Waals surface area contributed by atoms with Crippen LogP contribution in [-0.2, 0) is 0 Å². The van der Waals surface area contributed by atoms with Crippen LogP contribution in [0.5, 0.6) is 0 Å². The smallest absolute Gasteiger partial charge is 0.273 e. The molecule has 2 aromatic rings. The molecule has 1 amide bonds.